The lowest BCUT2D eigenvalue weighted by Crippen LogP contribution is -2.12. The quantitative estimate of drug-likeness (QED) is 0.707. The molecule has 0 saturated carbocycles. The Morgan fingerprint density at radius 3 is 2.79 bits per heavy atom. The molecule has 0 aliphatic rings. The minimum atomic E-state index is -0.826. The summed E-state index contributed by atoms with van der Waals surface area (Å²) in [5.74, 6) is 1.24. The van der Waals surface area contributed by atoms with Gasteiger partial charge >= 0.3 is 5.97 Å². The van der Waals surface area contributed by atoms with Crippen LogP contribution in [-0.4, -0.2) is 43.6 Å². The van der Waals surface area contributed by atoms with Gasteiger partial charge in [-0.3, -0.25) is 4.79 Å². The van der Waals surface area contributed by atoms with Gasteiger partial charge in [-0.05, 0) is 31.8 Å². The second-order valence-electron chi connectivity index (χ2n) is 4.33. The Labute approximate surface area is 122 Å². The molecule has 7 heteroatoms. The number of aliphatic carboxylic acids is 1. The first-order valence-corrected chi connectivity index (χ1v) is 8.75. The molecule has 108 valence electrons. The van der Waals surface area contributed by atoms with Crippen LogP contribution in [-0.2, 0) is 11.2 Å². The summed E-state index contributed by atoms with van der Waals surface area (Å²) >= 11 is 3.06. The van der Waals surface area contributed by atoms with Crippen molar-refractivity contribution in [2.45, 2.75) is 44.3 Å². The number of hydrogen-bond acceptors (Lipinski definition) is 5. The number of carboxylic acid groups (broad SMARTS) is 1. The van der Waals surface area contributed by atoms with E-state index in [4.69, 9.17) is 5.11 Å². The average Bonchev–Trinajstić information content (AvgIpc) is 2.77. The summed E-state index contributed by atoms with van der Waals surface area (Å²) < 4.78 is 2.10. The fraction of sp³-hybridized carbons (Fsp3) is 0.750. The predicted molar refractivity (Wildman–Crippen MR) is 80.1 cm³/mol. The predicted octanol–water partition coefficient (Wildman–Crippen LogP) is 2.72. The molecule has 1 aromatic rings. The van der Waals surface area contributed by atoms with Gasteiger partial charge in [0.25, 0.3) is 0 Å². The minimum Gasteiger partial charge on any atom is -0.481 e. The molecule has 19 heavy (non-hydrogen) atoms. The molecule has 1 rings (SSSR count). The molecule has 1 N–H and O–H groups in total. The van der Waals surface area contributed by atoms with Crippen molar-refractivity contribution >= 4 is 29.5 Å². The van der Waals surface area contributed by atoms with Gasteiger partial charge in [0, 0.05) is 12.5 Å². The molecule has 0 aromatic carbocycles. The standard InChI is InChI=1S/C12H21N3O2S2/c1-4-5-10-13-14-12(19-8-11(16)17)15(10)9(2)6-7-18-3/h9H,4-8H2,1-3H3,(H,16,17). The van der Waals surface area contributed by atoms with Crippen molar-refractivity contribution in [3.63, 3.8) is 0 Å². The highest BCUT2D eigenvalue weighted by Gasteiger charge is 2.17. The van der Waals surface area contributed by atoms with E-state index in [2.05, 4.69) is 34.9 Å². The fourth-order valence-electron chi connectivity index (χ4n) is 1.79. The van der Waals surface area contributed by atoms with E-state index in [1.807, 2.05) is 11.8 Å². The largest absolute Gasteiger partial charge is 0.481 e. The number of aryl methyl sites for hydroxylation is 1. The van der Waals surface area contributed by atoms with Gasteiger partial charge in [-0.15, -0.1) is 10.2 Å². The summed E-state index contributed by atoms with van der Waals surface area (Å²) in [7, 11) is 0. The van der Waals surface area contributed by atoms with E-state index in [-0.39, 0.29) is 5.75 Å². The van der Waals surface area contributed by atoms with Gasteiger partial charge in [0.2, 0.25) is 0 Å². The SMILES string of the molecule is CCCc1nnc(SCC(=O)O)n1C(C)CCSC. The van der Waals surface area contributed by atoms with E-state index in [1.165, 1.54) is 11.8 Å². The van der Waals surface area contributed by atoms with Crippen molar-refractivity contribution in [1.82, 2.24) is 14.8 Å². The molecule has 0 fully saturated rings. The summed E-state index contributed by atoms with van der Waals surface area (Å²) in [6.45, 7) is 4.25. The maximum Gasteiger partial charge on any atom is 0.313 e. The molecule has 5 nitrogen and oxygen atoms in total. The van der Waals surface area contributed by atoms with Crippen molar-refractivity contribution in [3.8, 4) is 0 Å². The highest BCUT2D eigenvalue weighted by molar-refractivity contribution is 7.99. The maximum atomic E-state index is 10.7. The number of aromatic nitrogens is 3. The second-order valence-corrected chi connectivity index (χ2v) is 6.26. The molecule has 0 spiro atoms. The fourth-order valence-corrected chi connectivity index (χ4v) is 3.14. The van der Waals surface area contributed by atoms with Gasteiger partial charge in [-0.25, -0.2) is 0 Å². The smallest absolute Gasteiger partial charge is 0.313 e. The number of rotatable bonds is 9. The number of nitrogens with zero attached hydrogens (tertiary/aromatic N) is 3. The van der Waals surface area contributed by atoms with E-state index in [9.17, 15) is 4.79 Å². The summed E-state index contributed by atoms with van der Waals surface area (Å²) in [5, 5.41) is 17.8. The molecule has 0 aliphatic carbocycles. The summed E-state index contributed by atoms with van der Waals surface area (Å²) in [4.78, 5) is 10.7. The van der Waals surface area contributed by atoms with Crippen molar-refractivity contribution in [1.29, 1.82) is 0 Å². The van der Waals surface area contributed by atoms with E-state index in [1.54, 1.807) is 0 Å². The summed E-state index contributed by atoms with van der Waals surface area (Å²) in [6.07, 6.45) is 5.02. The van der Waals surface area contributed by atoms with E-state index in [0.717, 1.165) is 36.0 Å². The van der Waals surface area contributed by atoms with Crippen LogP contribution < -0.4 is 0 Å². The maximum absolute atomic E-state index is 10.7. The third-order valence-electron chi connectivity index (χ3n) is 2.71. The molecule has 0 bridgehead atoms. The van der Waals surface area contributed by atoms with Crippen LogP contribution in [0.25, 0.3) is 0 Å². The zero-order valence-electron chi connectivity index (χ0n) is 11.6. The minimum absolute atomic E-state index is 0.0273. The zero-order chi connectivity index (χ0) is 14.3. The lowest BCUT2D eigenvalue weighted by Gasteiger charge is -2.17. The highest BCUT2D eigenvalue weighted by atomic mass is 32.2. The first kappa shape index (κ1) is 16.4. The highest BCUT2D eigenvalue weighted by Crippen LogP contribution is 2.25. The van der Waals surface area contributed by atoms with Crippen LogP contribution in [0.5, 0.6) is 0 Å². The van der Waals surface area contributed by atoms with E-state index >= 15 is 0 Å². The summed E-state index contributed by atoms with van der Waals surface area (Å²) in [6, 6.07) is 0.306. The monoisotopic (exact) mass is 303 g/mol. The molecule has 0 aliphatic heterocycles. The van der Waals surface area contributed by atoms with Gasteiger partial charge in [-0.1, -0.05) is 18.7 Å². The van der Waals surface area contributed by atoms with Crippen LogP contribution in [0.4, 0.5) is 0 Å². The van der Waals surface area contributed by atoms with Crippen molar-refractivity contribution in [3.05, 3.63) is 5.82 Å². The van der Waals surface area contributed by atoms with Crippen LogP contribution in [0.2, 0.25) is 0 Å². The van der Waals surface area contributed by atoms with Gasteiger partial charge in [0.15, 0.2) is 5.16 Å². The zero-order valence-corrected chi connectivity index (χ0v) is 13.3. The normalized spacial score (nSPS) is 12.6. The Morgan fingerprint density at radius 1 is 1.47 bits per heavy atom. The molecular formula is C12H21N3O2S2. The third kappa shape index (κ3) is 5.06. The average molecular weight is 303 g/mol. The van der Waals surface area contributed by atoms with E-state index in [0.29, 0.717) is 6.04 Å². The van der Waals surface area contributed by atoms with Crippen molar-refractivity contribution < 1.29 is 9.90 Å². The first-order valence-electron chi connectivity index (χ1n) is 6.37. The Morgan fingerprint density at radius 2 is 2.21 bits per heavy atom. The first-order chi connectivity index (χ1) is 9.10. The Bertz CT molecular complexity index is 410. The Kier molecular flexibility index (Phi) is 7.30. The van der Waals surface area contributed by atoms with Crippen LogP contribution >= 0.6 is 23.5 Å². The van der Waals surface area contributed by atoms with Crippen LogP contribution in [0.15, 0.2) is 5.16 Å². The van der Waals surface area contributed by atoms with Gasteiger partial charge < -0.3 is 9.67 Å². The molecule has 0 amide bonds. The van der Waals surface area contributed by atoms with Crippen molar-refractivity contribution in [2.24, 2.45) is 0 Å². The molecule has 1 aromatic heterocycles. The lowest BCUT2D eigenvalue weighted by molar-refractivity contribution is -0.133. The molecule has 0 radical (unpaired) electrons. The molecule has 1 atom stereocenters. The number of carboxylic acids is 1. The van der Waals surface area contributed by atoms with Gasteiger partial charge in [0.05, 0.1) is 5.75 Å². The van der Waals surface area contributed by atoms with Gasteiger partial charge in [-0.2, -0.15) is 11.8 Å². The lowest BCUT2D eigenvalue weighted by atomic mass is 10.2. The number of thioether (sulfide) groups is 2. The summed E-state index contributed by atoms with van der Waals surface area (Å²) in [5.41, 5.74) is 0. The topological polar surface area (TPSA) is 68.0 Å². The van der Waals surface area contributed by atoms with Crippen LogP contribution in [0.3, 0.4) is 0 Å². The van der Waals surface area contributed by atoms with Crippen LogP contribution in [0.1, 0.15) is 38.6 Å². The van der Waals surface area contributed by atoms with Gasteiger partial charge in [0.1, 0.15) is 5.82 Å². The van der Waals surface area contributed by atoms with Crippen LogP contribution in [0, 0.1) is 0 Å². The van der Waals surface area contributed by atoms with Crippen molar-refractivity contribution in [2.75, 3.05) is 17.8 Å². The number of hydrogen-bond donors (Lipinski definition) is 1. The molecule has 1 heterocycles. The van der Waals surface area contributed by atoms with E-state index < -0.39 is 5.97 Å². The molecule has 1 unspecified atom stereocenters. The second kappa shape index (κ2) is 8.47. The number of carbonyl (C=O) groups is 1. The Balaban J connectivity index is 2.86. The third-order valence-corrected chi connectivity index (χ3v) is 4.29. The Hall–Kier alpha value is -0.690. The molecular weight excluding hydrogens is 282 g/mol. The molecule has 0 saturated heterocycles.